The summed E-state index contributed by atoms with van der Waals surface area (Å²) >= 11 is 0. The summed E-state index contributed by atoms with van der Waals surface area (Å²) in [6.45, 7) is 5.80. The quantitative estimate of drug-likeness (QED) is 0.836. The lowest BCUT2D eigenvalue weighted by Gasteiger charge is -2.34. The van der Waals surface area contributed by atoms with E-state index in [1.807, 2.05) is 39.0 Å². The van der Waals surface area contributed by atoms with E-state index in [0.717, 1.165) is 40.0 Å². The molecule has 3 heteroatoms. The second kappa shape index (κ2) is 5.08. The molecule has 0 radical (unpaired) electrons. The topological polar surface area (TPSA) is 55.5 Å². The highest BCUT2D eigenvalue weighted by Gasteiger charge is 2.31. The van der Waals surface area contributed by atoms with Gasteiger partial charge in [0, 0.05) is 18.0 Å². The lowest BCUT2D eigenvalue weighted by Crippen LogP contribution is -2.26. The maximum absolute atomic E-state index is 10.2. The third-order valence-corrected chi connectivity index (χ3v) is 4.53. The van der Waals surface area contributed by atoms with E-state index in [0.29, 0.717) is 5.75 Å². The van der Waals surface area contributed by atoms with Crippen molar-refractivity contribution < 1.29 is 9.84 Å². The maximum Gasteiger partial charge on any atom is 0.128 e. The number of hydrogen-bond donors (Lipinski definition) is 2. The van der Waals surface area contributed by atoms with Crippen molar-refractivity contribution in [3.63, 3.8) is 0 Å². The van der Waals surface area contributed by atoms with Crippen LogP contribution in [-0.2, 0) is 0 Å². The van der Waals surface area contributed by atoms with Crippen molar-refractivity contribution in [2.75, 3.05) is 0 Å². The molecule has 0 amide bonds. The number of phenolic OH excluding ortho intramolecular Hbond substituents is 1. The van der Waals surface area contributed by atoms with Crippen LogP contribution in [0.3, 0.4) is 0 Å². The first-order valence-electron chi connectivity index (χ1n) is 7.30. The number of hydrogen-bond acceptors (Lipinski definition) is 3. The monoisotopic (exact) mass is 283 g/mol. The Balaban J connectivity index is 2.10. The van der Waals surface area contributed by atoms with Gasteiger partial charge in [0.25, 0.3) is 0 Å². The zero-order chi connectivity index (χ0) is 15.1. The predicted molar refractivity (Wildman–Crippen MR) is 83.7 cm³/mol. The molecule has 0 spiro atoms. The van der Waals surface area contributed by atoms with Crippen LogP contribution in [0.5, 0.6) is 11.5 Å². The van der Waals surface area contributed by atoms with Crippen LogP contribution >= 0.6 is 0 Å². The molecule has 2 atom stereocenters. The van der Waals surface area contributed by atoms with E-state index >= 15 is 0 Å². The lowest BCUT2D eigenvalue weighted by molar-refractivity contribution is 0.159. The fraction of sp³-hybridized carbons (Fsp3) is 0.333. The Kier molecular flexibility index (Phi) is 3.38. The van der Waals surface area contributed by atoms with Crippen molar-refractivity contribution >= 4 is 0 Å². The Labute approximate surface area is 125 Å². The third-order valence-electron chi connectivity index (χ3n) is 4.53. The molecule has 110 valence electrons. The molecule has 3 nitrogen and oxygen atoms in total. The third kappa shape index (κ3) is 2.18. The van der Waals surface area contributed by atoms with Gasteiger partial charge in [-0.1, -0.05) is 30.3 Å². The Hall–Kier alpha value is -2.00. The van der Waals surface area contributed by atoms with Crippen molar-refractivity contribution in [2.45, 2.75) is 39.3 Å². The molecule has 0 saturated heterocycles. The Morgan fingerprint density at radius 3 is 2.38 bits per heavy atom. The largest absolute Gasteiger partial charge is 0.507 e. The van der Waals surface area contributed by atoms with Crippen LogP contribution in [0.4, 0.5) is 0 Å². The molecule has 2 aromatic carbocycles. The predicted octanol–water partition coefficient (Wildman–Crippen LogP) is 3.84. The van der Waals surface area contributed by atoms with Crippen molar-refractivity contribution in [1.82, 2.24) is 0 Å². The summed E-state index contributed by atoms with van der Waals surface area (Å²) < 4.78 is 6.24. The van der Waals surface area contributed by atoms with Crippen LogP contribution in [-0.4, -0.2) is 5.11 Å². The molecule has 0 aromatic heterocycles. The van der Waals surface area contributed by atoms with Gasteiger partial charge < -0.3 is 15.6 Å². The molecule has 1 aliphatic heterocycles. The number of phenols is 1. The molecule has 0 aliphatic carbocycles. The summed E-state index contributed by atoms with van der Waals surface area (Å²) in [6, 6.07) is 10.0. The normalized spacial score (nSPS) is 20.8. The number of nitrogens with two attached hydrogens (primary N) is 1. The molecule has 0 fully saturated rings. The zero-order valence-corrected chi connectivity index (χ0v) is 12.7. The summed E-state index contributed by atoms with van der Waals surface area (Å²) in [6.07, 6.45) is 0.690. The van der Waals surface area contributed by atoms with Crippen molar-refractivity contribution in [1.29, 1.82) is 0 Å². The summed E-state index contributed by atoms with van der Waals surface area (Å²) in [5.41, 5.74) is 11.1. The molecule has 1 aliphatic rings. The molecule has 2 unspecified atom stereocenters. The molecule has 2 aromatic rings. The highest BCUT2D eigenvalue weighted by Crippen LogP contribution is 2.47. The maximum atomic E-state index is 10.2. The average Bonchev–Trinajstić information content (AvgIpc) is 2.51. The summed E-state index contributed by atoms with van der Waals surface area (Å²) in [5.74, 6) is 1.18. The first-order chi connectivity index (χ1) is 10.0. The molecule has 21 heavy (non-hydrogen) atoms. The van der Waals surface area contributed by atoms with Gasteiger partial charge in [-0.2, -0.15) is 0 Å². The van der Waals surface area contributed by atoms with Crippen molar-refractivity contribution in [2.24, 2.45) is 5.73 Å². The second-order valence-electron chi connectivity index (χ2n) is 5.83. The SMILES string of the molecule is Cc1c(C)c2c(c(C)c1O)C(N)CC(c1ccccc1)O2. The van der Waals surface area contributed by atoms with Crippen LogP contribution in [0.1, 0.15) is 46.4 Å². The number of aromatic hydroxyl groups is 1. The van der Waals surface area contributed by atoms with Crippen molar-refractivity contribution in [3.05, 3.63) is 58.1 Å². The van der Waals surface area contributed by atoms with Crippen LogP contribution in [0, 0.1) is 20.8 Å². The van der Waals surface area contributed by atoms with Crippen LogP contribution in [0.15, 0.2) is 30.3 Å². The molecule has 0 bridgehead atoms. The van der Waals surface area contributed by atoms with E-state index in [4.69, 9.17) is 10.5 Å². The van der Waals surface area contributed by atoms with Crippen LogP contribution in [0.2, 0.25) is 0 Å². The van der Waals surface area contributed by atoms with Gasteiger partial charge in [-0.25, -0.2) is 0 Å². The smallest absolute Gasteiger partial charge is 0.128 e. The van der Waals surface area contributed by atoms with E-state index in [1.165, 1.54) is 0 Å². The Bertz CT molecular complexity index is 680. The van der Waals surface area contributed by atoms with Gasteiger partial charge in [-0.3, -0.25) is 0 Å². The fourth-order valence-electron chi connectivity index (χ4n) is 3.14. The van der Waals surface area contributed by atoms with Crippen LogP contribution < -0.4 is 10.5 Å². The standard InChI is InChI=1S/C18H21NO2/c1-10-11(2)18-16(12(3)17(10)20)14(19)9-15(21-18)13-7-5-4-6-8-13/h4-8,14-15,20H,9,19H2,1-3H3. The number of rotatable bonds is 1. The van der Waals surface area contributed by atoms with Gasteiger partial charge in [0.2, 0.25) is 0 Å². The van der Waals surface area contributed by atoms with Crippen molar-refractivity contribution in [3.8, 4) is 11.5 Å². The zero-order valence-electron chi connectivity index (χ0n) is 12.7. The minimum atomic E-state index is -0.121. The fourth-order valence-corrected chi connectivity index (χ4v) is 3.14. The second-order valence-corrected chi connectivity index (χ2v) is 5.83. The molecular formula is C18H21NO2. The summed E-state index contributed by atoms with van der Waals surface area (Å²) in [4.78, 5) is 0. The lowest BCUT2D eigenvalue weighted by atomic mass is 9.87. The first-order valence-corrected chi connectivity index (χ1v) is 7.30. The van der Waals surface area contributed by atoms with Gasteiger partial charge in [0.1, 0.15) is 17.6 Å². The minimum absolute atomic E-state index is 0.0317. The average molecular weight is 283 g/mol. The van der Waals surface area contributed by atoms with Gasteiger partial charge in [-0.05, 0) is 43.0 Å². The minimum Gasteiger partial charge on any atom is -0.507 e. The van der Waals surface area contributed by atoms with E-state index in [1.54, 1.807) is 0 Å². The van der Waals surface area contributed by atoms with Gasteiger partial charge in [-0.15, -0.1) is 0 Å². The highest BCUT2D eigenvalue weighted by molar-refractivity contribution is 5.59. The van der Waals surface area contributed by atoms with Gasteiger partial charge in [0.15, 0.2) is 0 Å². The molecule has 0 saturated carbocycles. The molecular weight excluding hydrogens is 262 g/mol. The Morgan fingerprint density at radius 2 is 1.71 bits per heavy atom. The summed E-state index contributed by atoms with van der Waals surface area (Å²) in [7, 11) is 0. The van der Waals surface area contributed by atoms with E-state index in [9.17, 15) is 5.11 Å². The molecule has 1 heterocycles. The van der Waals surface area contributed by atoms with Gasteiger partial charge in [0.05, 0.1) is 0 Å². The number of benzene rings is 2. The molecule has 3 rings (SSSR count). The first kappa shape index (κ1) is 14.0. The van der Waals surface area contributed by atoms with E-state index in [-0.39, 0.29) is 12.1 Å². The van der Waals surface area contributed by atoms with E-state index in [2.05, 4.69) is 12.1 Å². The summed E-state index contributed by atoms with van der Waals surface area (Å²) in [5, 5.41) is 10.2. The number of fused-ring (bicyclic) bond motifs is 1. The molecule has 3 N–H and O–H groups in total. The number of ether oxygens (including phenoxy) is 1. The van der Waals surface area contributed by atoms with Crippen LogP contribution in [0.25, 0.3) is 0 Å². The highest BCUT2D eigenvalue weighted by atomic mass is 16.5. The van der Waals surface area contributed by atoms with Gasteiger partial charge >= 0.3 is 0 Å². The van der Waals surface area contributed by atoms with E-state index < -0.39 is 0 Å². The Morgan fingerprint density at radius 1 is 1.05 bits per heavy atom.